The second-order valence-corrected chi connectivity index (χ2v) is 11.6. The third-order valence-electron chi connectivity index (χ3n) is 7.39. The van der Waals surface area contributed by atoms with Crippen molar-refractivity contribution in [2.75, 3.05) is 38.1 Å². The van der Waals surface area contributed by atoms with Crippen LogP contribution in [-0.4, -0.2) is 84.0 Å². The van der Waals surface area contributed by atoms with E-state index >= 15 is 0 Å². The van der Waals surface area contributed by atoms with Crippen LogP contribution in [0.2, 0.25) is 10.0 Å². The summed E-state index contributed by atoms with van der Waals surface area (Å²) < 4.78 is 5.72. The number of benzene rings is 2. The van der Waals surface area contributed by atoms with Gasteiger partial charge in [-0.2, -0.15) is 0 Å². The molecule has 2 aromatic carbocycles. The Balaban J connectivity index is 1.42. The van der Waals surface area contributed by atoms with Crippen molar-refractivity contribution in [1.82, 2.24) is 15.5 Å². The second kappa shape index (κ2) is 12.3. The smallest absolute Gasteiger partial charge is 0.347 e. The zero-order chi connectivity index (χ0) is 28.3. The Bertz CT molecular complexity index is 1190. The van der Waals surface area contributed by atoms with Crippen LogP contribution in [0.1, 0.15) is 42.6 Å². The highest BCUT2D eigenvalue weighted by Gasteiger charge is 2.36. The van der Waals surface area contributed by atoms with E-state index in [1.165, 1.54) is 32.5 Å². The van der Waals surface area contributed by atoms with E-state index in [2.05, 4.69) is 27.7 Å². The van der Waals surface area contributed by atoms with Gasteiger partial charge in [0.05, 0.1) is 28.4 Å². The summed E-state index contributed by atoms with van der Waals surface area (Å²) >= 11 is 12.4. The van der Waals surface area contributed by atoms with E-state index in [1.807, 2.05) is 17.0 Å². The van der Waals surface area contributed by atoms with Gasteiger partial charge < -0.3 is 30.5 Å². The number of amides is 1. The lowest BCUT2D eigenvalue weighted by molar-refractivity contribution is -0.152. The van der Waals surface area contributed by atoms with Gasteiger partial charge in [0.15, 0.2) is 5.60 Å². The molecule has 4 rings (SSSR count). The van der Waals surface area contributed by atoms with E-state index in [0.717, 1.165) is 37.5 Å². The highest BCUT2D eigenvalue weighted by Crippen LogP contribution is 2.37. The van der Waals surface area contributed by atoms with Crippen LogP contribution in [0.15, 0.2) is 36.4 Å². The average Bonchev–Trinajstić information content (AvgIpc) is 3.26. The van der Waals surface area contributed by atoms with Crippen LogP contribution in [0.4, 0.5) is 5.69 Å². The number of rotatable bonds is 9. The van der Waals surface area contributed by atoms with Gasteiger partial charge in [-0.1, -0.05) is 35.3 Å². The molecule has 4 N–H and O–H groups in total. The summed E-state index contributed by atoms with van der Waals surface area (Å²) in [5, 5.41) is 27.5. The van der Waals surface area contributed by atoms with E-state index in [-0.39, 0.29) is 28.8 Å². The van der Waals surface area contributed by atoms with Crippen molar-refractivity contribution in [2.24, 2.45) is 0 Å². The molecule has 2 aliphatic heterocycles. The third-order valence-corrected chi connectivity index (χ3v) is 7.94. The van der Waals surface area contributed by atoms with Crippen molar-refractivity contribution in [3.8, 4) is 5.75 Å². The molecule has 2 heterocycles. The van der Waals surface area contributed by atoms with Gasteiger partial charge in [-0.3, -0.25) is 9.69 Å². The highest BCUT2D eigenvalue weighted by molar-refractivity contribution is 6.32. The normalized spacial score (nSPS) is 20.7. The summed E-state index contributed by atoms with van der Waals surface area (Å²) in [5.74, 6) is -1.32. The minimum atomic E-state index is -1.52. The number of likely N-dealkylation sites (tertiary alicyclic amines) is 1. The summed E-state index contributed by atoms with van der Waals surface area (Å²) in [6.07, 6.45) is 1.28. The van der Waals surface area contributed by atoms with Gasteiger partial charge in [0, 0.05) is 43.8 Å². The molecule has 2 fully saturated rings. The zero-order valence-corrected chi connectivity index (χ0v) is 23.9. The van der Waals surface area contributed by atoms with Crippen LogP contribution in [0.25, 0.3) is 0 Å². The van der Waals surface area contributed by atoms with Crippen molar-refractivity contribution in [1.29, 1.82) is 0 Å². The Morgan fingerprint density at radius 2 is 1.77 bits per heavy atom. The molecule has 212 valence electrons. The first-order chi connectivity index (χ1) is 18.5. The molecule has 0 radical (unpaired) electrons. The Morgan fingerprint density at radius 1 is 1.10 bits per heavy atom. The summed E-state index contributed by atoms with van der Waals surface area (Å²) in [6, 6.07) is 11.1. The van der Waals surface area contributed by atoms with Crippen molar-refractivity contribution >= 4 is 40.8 Å². The fourth-order valence-corrected chi connectivity index (χ4v) is 5.40. The maximum Gasteiger partial charge on any atom is 0.347 e. The monoisotopic (exact) mass is 578 g/mol. The lowest BCUT2D eigenvalue weighted by atomic mass is 10.0. The molecule has 2 aliphatic rings. The van der Waals surface area contributed by atoms with Crippen LogP contribution in [0.3, 0.4) is 0 Å². The molecule has 11 heteroatoms. The lowest BCUT2D eigenvalue weighted by Gasteiger charge is -2.34. The summed E-state index contributed by atoms with van der Waals surface area (Å²) in [6.45, 7) is 6.41. The number of carbonyl (C=O) groups is 2. The first kappa shape index (κ1) is 29.4. The molecular formula is C28H36Cl2N4O5. The maximum atomic E-state index is 12.7. The SMILES string of the molecule is CNC(=O)c1cc(Cl)c(OC(C)(C)C(=O)O)cc1N1CC(NC2CCN(Cc3ccc(Cl)cc3)CC2)[C@H](O)C1. The predicted octanol–water partition coefficient (Wildman–Crippen LogP) is 3.40. The Hall–Kier alpha value is -2.56. The largest absolute Gasteiger partial charge is 0.478 e. The molecule has 0 saturated carbocycles. The number of aliphatic carboxylic acids is 1. The van der Waals surface area contributed by atoms with E-state index in [4.69, 9.17) is 27.9 Å². The van der Waals surface area contributed by atoms with Crippen LogP contribution in [0, 0.1) is 0 Å². The number of carboxylic acid groups (broad SMARTS) is 1. The summed E-state index contributed by atoms with van der Waals surface area (Å²) in [5.41, 5.74) is 0.562. The number of β-amino-alcohol motifs (C(OH)–C–C–N with tert-alkyl or cyclic N) is 1. The molecule has 9 nitrogen and oxygen atoms in total. The van der Waals surface area contributed by atoms with Gasteiger partial charge in [0.2, 0.25) is 0 Å². The minimum Gasteiger partial charge on any atom is -0.478 e. The fraction of sp³-hybridized carbons (Fsp3) is 0.500. The van der Waals surface area contributed by atoms with Gasteiger partial charge in [-0.25, -0.2) is 4.79 Å². The fourth-order valence-electron chi connectivity index (χ4n) is 5.07. The van der Waals surface area contributed by atoms with Crippen LogP contribution in [-0.2, 0) is 11.3 Å². The molecule has 0 aliphatic carbocycles. The van der Waals surface area contributed by atoms with E-state index in [9.17, 15) is 19.8 Å². The first-order valence-electron chi connectivity index (χ1n) is 13.1. The van der Waals surface area contributed by atoms with Crippen LogP contribution >= 0.6 is 23.2 Å². The van der Waals surface area contributed by atoms with Gasteiger partial charge in [0.1, 0.15) is 5.75 Å². The van der Waals surface area contributed by atoms with E-state index in [1.54, 1.807) is 6.07 Å². The average molecular weight is 580 g/mol. The van der Waals surface area contributed by atoms with E-state index in [0.29, 0.717) is 24.3 Å². The predicted molar refractivity (Wildman–Crippen MR) is 152 cm³/mol. The summed E-state index contributed by atoms with van der Waals surface area (Å²) in [4.78, 5) is 28.6. The maximum absolute atomic E-state index is 12.7. The van der Waals surface area contributed by atoms with Gasteiger partial charge in [0.25, 0.3) is 5.91 Å². The zero-order valence-electron chi connectivity index (χ0n) is 22.4. The summed E-state index contributed by atoms with van der Waals surface area (Å²) in [7, 11) is 1.53. The number of anilines is 1. The van der Waals surface area contributed by atoms with Crippen LogP contribution < -0.4 is 20.3 Å². The van der Waals surface area contributed by atoms with Gasteiger partial charge >= 0.3 is 5.97 Å². The number of nitrogens with one attached hydrogen (secondary N) is 2. The van der Waals surface area contributed by atoms with Crippen molar-refractivity contribution < 1.29 is 24.5 Å². The number of aliphatic hydroxyl groups is 1. The van der Waals surface area contributed by atoms with Crippen molar-refractivity contribution in [3.63, 3.8) is 0 Å². The van der Waals surface area contributed by atoms with Crippen molar-refractivity contribution in [3.05, 3.63) is 57.6 Å². The molecule has 39 heavy (non-hydrogen) atoms. The number of carboxylic acids is 1. The number of piperidine rings is 1. The number of hydrogen-bond donors (Lipinski definition) is 4. The number of ether oxygens (including phenoxy) is 1. The number of nitrogens with zero attached hydrogens (tertiary/aromatic N) is 2. The first-order valence-corrected chi connectivity index (χ1v) is 13.9. The topological polar surface area (TPSA) is 114 Å². The standard InChI is InChI=1S/C28H36Cl2N4O5/c1-28(2,27(37)38)39-25-13-23(20(12-21(25)30)26(36)31-3)34-15-22(24(35)16-34)32-19-8-10-33(11-9-19)14-17-4-6-18(29)7-5-17/h4-7,12-13,19,22,24,32,35H,8-11,14-16H2,1-3H3,(H,31,36)(H,37,38)/t22?,24-/m1/s1. The molecule has 0 aromatic heterocycles. The molecule has 2 atom stereocenters. The second-order valence-electron chi connectivity index (χ2n) is 10.7. The number of aliphatic hydroxyl groups excluding tert-OH is 1. The molecule has 1 unspecified atom stereocenters. The third kappa shape index (κ3) is 7.15. The molecular weight excluding hydrogens is 543 g/mol. The van der Waals surface area contributed by atoms with Crippen LogP contribution in [0.5, 0.6) is 5.75 Å². The molecule has 2 aromatic rings. The number of hydrogen-bond acceptors (Lipinski definition) is 7. The number of carbonyl (C=O) groups excluding carboxylic acids is 1. The molecule has 1 amide bonds. The van der Waals surface area contributed by atoms with Gasteiger partial charge in [-0.05, 0) is 63.5 Å². The quantitative estimate of drug-likeness (QED) is 0.358. The lowest BCUT2D eigenvalue weighted by Crippen LogP contribution is -2.49. The highest BCUT2D eigenvalue weighted by atomic mass is 35.5. The molecule has 0 spiro atoms. The Kier molecular flexibility index (Phi) is 9.29. The molecule has 2 saturated heterocycles. The number of halogens is 2. The van der Waals surface area contributed by atoms with Gasteiger partial charge in [-0.15, -0.1) is 0 Å². The minimum absolute atomic E-state index is 0.131. The Labute approximate surface area is 239 Å². The van der Waals surface area contributed by atoms with E-state index < -0.39 is 17.7 Å². The Morgan fingerprint density at radius 3 is 2.38 bits per heavy atom. The van der Waals surface area contributed by atoms with Crippen molar-refractivity contribution in [2.45, 2.75) is 57.0 Å². The molecule has 0 bridgehead atoms.